The molecule has 0 atom stereocenters. The minimum Gasteiger partial charge on any atom is -0.361 e. The number of aromatic amines is 1. The number of carbonyl (C=O) groups excluding carboxylic acids is 1. The molecule has 0 saturated carbocycles. The predicted molar refractivity (Wildman–Crippen MR) is 100 cm³/mol. The third kappa shape index (κ3) is 3.11. The van der Waals surface area contributed by atoms with E-state index < -0.39 is 0 Å². The summed E-state index contributed by atoms with van der Waals surface area (Å²) in [5, 5.41) is 2.20. The monoisotopic (exact) mass is 329 g/mol. The fourth-order valence-electron chi connectivity index (χ4n) is 3.14. The van der Waals surface area contributed by atoms with Gasteiger partial charge in [0, 0.05) is 42.3 Å². The van der Waals surface area contributed by atoms with Crippen LogP contribution < -0.4 is 0 Å². The molecule has 2 heterocycles. The summed E-state index contributed by atoms with van der Waals surface area (Å²) in [7, 11) is 1.84. The molecule has 2 aromatic heterocycles. The van der Waals surface area contributed by atoms with Crippen LogP contribution in [0.15, 0.2) is 67.0 Å². The molecular formula is C21H19N3O. The minimum absolute atomic E-state index is 0.0953. The highest BCUT2D eigenvalue weighted by Gasteiger charge is 2.13. The third-order valence-electron chi connectivity index (χ3n) is 4.51. The first-order chi connectivity index (χ1) is 12.2. The quantitative estimate of drug-likeness (QED) is 0.617. The van der Waals surface area contributed by atoms with Gasteiger partial charge in [-0.25, -0.2) is 0 Å². The standard InChI is InChI=1S/C21H19N3O/c1-24(14-15-10-16-6-2-4-8-19(16)22-12-15)21(25)11-17-13-23-20-9-5-3-7-18(17)20/h2-10,12-13,23H,11,14H2,1H3. The Morgan fingerprint density at radius 3 is 2.84 bits per heavy atom. The van der Waals surface area contributed by atoms with Gasteiger partial charge in [-0.05, 0) is 29.3 Å². The summed E-state index contributed by atoms with van der Waals surface area (Å²) in [4.78, 5) is 22.1. The number of para-hydroxylation sites is 2. The Morgan fingerprint density at radius 1 is 1.12 bits per heavy atom. The molecule has 25 heavy (non-hydrogen) atoms. The van der Waals surface area contributed by atoms with Gasteiger partial charge in [0.2, 0.25) is 5.91 Å². The largest absolute Gasteiger partial charge is 0.361 e. The molecule has 0 aliphatic heterocycles. The highest BCUT2D eigenvalue weighted by Crippen LogP contribution is 2.19. The molecule has 0 radical (unpaired) electrons. The van der Waals surface area contributed by atoms with Crippen LogP contribution in [0.5, 0.6) is 0 Å². The summed E-state index contributed by atoms with van der Waals surface area (Å²) in [6.45, 7) is 0.555. The van der Waals surface area contributed by atoms with Crippen LogP contribution in [-0.4, -0.2) is 27.8 Å². The van der Waals surface area contributed by atoms with Crippen LogP contribution in [-0.2, 0) is 17.8 Å². The highest BCUT2D eigenvalue weighted by molar-refractivity contribution is 5.88. The number of amides is 1. The van der Waals surface area contributed by atoms with Gasteiger partial charge < -0.3 is 9.88 Å². The number of likely N-dealkylation sites (N-methyl/N-ethyl adjacent to an activating group) is 1. The van der Waals surface area contributed by atoms with E-state index in [-0.39, 0.29) is 5.91 Å². The van der Waals surface area contributed by atoms with Crippen molar-refractivity contribution in [2.24, 2.45) is 0 Å². The van der Waals surface area contributed by atoms with Crippen molar-refractivity contribution in [3.8, 4) is 0 Å². The van der Waals surface area contributed by atoms with Gasteiger partial charge in [0.1, 0.15) is 0 Å². The molecule has 124 valence electrons. The first-order valence-electron chi connectivity index (χ1n) is 8.33. The number of nitrogens with one attached hydrogen (secondary N) is 1. The zero-order chi connectivity index (χ0) is 17.2. The molecule has 1 N–H and O–H groups in total. The summed E-state index contributed by atoms with van der Waals surface area (Å²) in [5.41, 5.74) is 4.10. The lowest BCUT2D eigenvalue weighted by atomic mass is 10.1. The van der Waals surface area contributed by atoms with Crippen molar-refractivity contribution in [3.63, 3.8) is 0 Å². The molecule has 2 aromatic carbocycles. The van der Waals surface area contributed by atoms with Crippen LogP contribution in [0.2, 0.25) is 0 Å². The summed E-state index contributed by atoms with van der Waals surface area (Å²) >= 11 is 0. The van der Waals surface area contributed by atoms with Crippen molar-refractivity contribution in [1.82, 2.24) is 14.9 Å². The van der Waals surface area contributed by atoms with Gasteiger partial charge in [-0.2, -0.15) is 0 Å². The number of aromatic nitrogens is 2. The van der Waals surface area contributed by atoms with Gasteiger partial charge in [0.15, 0.2) is 0 Å². The van der Waals surface area contributed by atoms with Crippen LogP contribution in [0, 0.1) is 0 Å². The van der Waals surface area contributed by atoms with Crippen LogP contribution in [0.3, 0.4) is 0 Å². The van der Waals surface area contributed by atoms with Gasteiger partial charge >= 0.3 is 0 Å². The van der Waals surface area contributed by atoms with Crippen LogP contribution >= 0.6 is 0 Å². The number of nitrogens with zero attached hydrogens (tertiary/aromatic N) is 2. The van der Waals surface area contributed by atoms with Crippen molar-refractivity contribution in [2.45, 2.75) is 13.0 Å². The summed E-state index contributed by atoms with van der Waals surface area (Å²) in [6.07, 6.45) is 4.16. The molecule has 0 bridgehead atoms. The summed E-state index contributed by atoms with van der Waals surface area (Å²) < 4.78 is 0. The summed E-state index contributed by atoms with van der Waals surface area (Å²) in [5.74, 6) is 0.0953. The second kappa shape index (κ2) is 6.40. The number of fused-ring (bicyclic) bond motifs is 2. The van der Waals surface area contributed by atoms with E-state index in [0.717, 1.165) is 32.9 Å². The fourth-order valence-corrected chi connectivity index (χ4v) is 3.14. The maximum Gasteiger partial charge on any atom is 0.227 e. The molecule has 4 heteroatoms. The lowest BCUT2D eigenvalue weighted by Gasteiger charge is -2.17. The normalized spacial score (nSPS) is 11.1. The maximum absolute atomic E-state index is 12.6. The Morgan fingerprint density at radius 2 is 1.92 bits per heavy atom. The van der Waals surface area contributed by atoms with Crippen molar-refractivity contribution >= 4 is 27.7 Å². The van der Waals surface area contributed by atoms with E-state index in [1.165, 1.54) is 0 Å². The second-order valence-corrected chi connectivity index (χ2v) is 6.32. The smallest absolute Gasteiger partial charge is 0.227 e. The average molecular weight is 329 g/mol. The zero-order valence-electron chi connectivity index (χ0n) is 14.1. The van der Waals surface area contributed by atoms with E-state index in [9.17, 15) is 4.79 Å². The van der Waals surface area contributed by atoms with E-state index in [1.54, 1.807) is 4.90 Å². The van der Waals surface area contributed by atoms with Crippen LogP contribution in [0.25, 0.3) is 21.8 Å². The molecule has 4 aromatic rings. The van der Waals surface area contributed by atoms with Gasteiger partial charge in [-0.15, -0.1) is 0 Å². The Hall–Kier alpha value is -3.14. The van der Waals surface area contributed by atoms with Gasteiger partial charge in [-0.3, -0.25) is 9.78 Å². The molecular weight excluding hydrogens is 310 g/mol. The number of pyridine rings is 1. The van der Waals surface area contributed by atoms with Crippen LogP contribution in [0.1, 0.15) is 11.1 Å². The molecule has 4 rings (SSSR count). The number of benzene rings is 2. The second-order valence-electron chi connectivity index (χ2n) is 6.32. The Kier molecular flexibility index (Phi) is 3.94. The first-order valence-corrected chi connectivity index (χ1v) is 8.33. The van der Waals surface area contributed by atoms with Crippen molar-refractivity contribution in [3.05, 3.63) is 78.1 Å². The molecule has 4 nitrogen and oxygen atoms in total. The maximum atomic E-state index is 12.6. The molecule has 0 spiro atoms. The van der Waals surface area contributed by atoms with E-state index in [1.807, 2.05) is 68.0 Å². The molecule has 0 fully saturated rings. The lowest BCUT2D eigenvalue weighted by Crippen LogP contribution is -2.27. The first kappa shape index (κ1) is 15.4. The lowest BCUT2D eigenvalue weighted by molar-refractivity contribution is -0.129. The van der Waals surface area contributed by atoms with Gasteiger partial charge in [0.05, 0.1) is 11.9 Å². The Balaban J connectivity index is 1.49. The number of H-pyrrole nitrogens is 1. The topological polar surface area (TPSA) is 49.0 Å². The van der Waals surface area contributed by atoms with Gasteiger partial charge in [-0.1, -0.05) is 36.4 Å². The van der Waals surface area contributed by atoms with Crippen molar-refractivity contribution < 1.29 is 4.79 Å². The van der Waals surface area contributed by atoms with E-state index in [2.05, 4.69) is 16.0 Å². The zero-order valence-corrected chi connectivity index (χ0v) is 14.1. The molecule has 0 aliphatic carbocycles. The molecule has 0 aliphatic rings. The van der Waals surface area contributed by atoms with Gasteiger partial charge in [0.25, 0.3) is 0 Å². The van der Waals surface area contributed by atoms with Crippen molar-refractivity contribution in [2.75, 3.05) is 7.05 Å². The average Bonchev–Trinajstić information content (AvgIpc) is 3.04. The number of rotatable bonds is 4. The molecule has 1 amide bonds. The Labute approximate surface area is 146 Å². The van der Waals surface area contributed by atoms with E-state index in [0.29, 0.717) is 13.0 Å². The van der Waals surface area contributed by atoms with Crippen molar-refractivity contribution in [1.29, 1.82) is 0 Å². The fraction of sp³-hybridized carbons (Fsp3) is 0.143. The third-order valence-corrected chi connectivity index (χ3v) is 4.51. The minimum atomic E-state index is 0.0953. The van der Waals surface area contributed by atoms with Crippen LogP contribution in [0.4, 0.5) is 0 Å². The summed E-state index contributed by atoms with van der Waals surface area (Å²) in [6, 6.07) is 18.2. The number of hydrogen-bond donors (Lipinski definition) is 1. The Bertz CT molecular complexity index is 1050. The predicted octanol–water partition coefficient (Wildman–Crippen LogP) is 3.92. The molecule has 0 saturated heterocycles. The molecule has 0 unspecified atom stereocenters. The van der Waals surface area contributed by atoms with E-state index in [4.69, 9.17) is 0 Å². The number of hydrogen-bond acceptors (Lipinski definition) is 2. The highest BCUT2D eigenvalue weighted by atomic mass is 16.2. The SMILES string of the molecule is CN(Cc1cnc2ccccc2c1)C(=O)Cc1c[nH]c2ccccc12. The van der Waals surface area contributed by atoms with E-state index >= 15 is 0 Å². The number of carbonyl (C=O) groups is 1.